The molecular weight excluding hydrogens is 432 g/mol. The molecule has 3 aromatic rings. The number of halogens is 1. The first kappa shape index (κ1) is 19.6. The summed E-state index contributed by atoms with van der Waals surface area (Å²) in [6.45, 7) is 3.91. The van der Waals surface area contributed by atoms with E-state index in [1.807, 2.05) is 30.3 Å². The molecule has 0 bridgehead atoms. The van der Waals surface area contributed by atoms with Gasteiger partial charge in [0.25, 0.3) is 5.56 Å². The molecule has 150 valence electrons. The summed E-state index contributed by atoms with van der Waals surface area (Å²) < 4.78 is 2.22. The van der Waals surface area contributed by atoms with Gasteiger partial charge in [-0.2, -0.15) is 5.10 Å². The van der Waals surface area contributed by atoms with Gasteiger partial charge in [-0.25, -0.2) is 4.68 Å². The highest BCUT2D eigenvalue weighted by Gasteiger charge is 2.22. The lowest BCUT2D eigenvalue weighted by molar-refractivity contribution is -0.117. The van der Waals surface area contributed by atoms with Gasteiger partial charge in [-0.15, -0.1) is 0 Å². The molecule has 1 amide bonds. The molecule has 6 nitrogen and oxygen atoms in total. The maximum atomic E-state index is 13.0. The minimum atomic E-state index is -0.282. The van der Waals surface area contributed by atoms with Crippen molar-refractivity contribution in [1.29, 1.82) is 0 Å². The molecule has 1 aliphatic rings. The van der Waals surface area contributed by atoms with Crippen LogP contribution >= 0.6 is 15.9 Å². The van der Waals surface area contributed by atoms with Crippen molar-refractivity contribution in [2.75, 3.05) is 23.3 Å². The molecule has 1 atom stereocenters. The smallest absolute Gasteiger partial charge is 0.275 e. The highest BCUT2D eigenvalue weighted by atomic mass is 79.9. The Hall–Kier alpha value is -2.67. The summed E-state index contributed by atoms with van der Waals surface area (Å²) >= 11 is 3.38. The van der Waals surface area contributed by atoms with E-state index in [1.165, 1.54) is 11.1 Å². The molecule has 1 aromatic heterocycles. The third-order valence-corrected chi connectivity index (χ3v) is 5.75. The first-order chi connectivity index (χ1) is 14.0. The van der Waals surface area contributed by atoms with Crippen molar-refractivity contribution >= 4 is 44.1 Å². The molecule has 7 heteroatoms. The summed E-state index contributed by atoms with van der Waals surface area (Å²) in [5.41, 5.74) is 0.428. The van der Waals surface area contributed by atoms with E-state index in [-0.39, 0.29) is 18.0 Å². The molecule has 0 spiro atoms. The van der Waals surface area contributed by atoms with Crippen LogP contribution < -0.4 is 15.8 Å². The Morgan fingerprint density at radius 3 is 2.62 bits per heavy atom. The quantitative estimate of drug-likeness (QED) is 0.645. The maximum Gasteiger partial charge on any atom is 0.275 e. The van der Waals surface area contributed by atoms with E-state index in [1.54, 1.807) is 18.2 Å². The van der Waals surface area contributed by atoms with E-state index in [0.29, 0.717) is 17.0 Å². The van der Waals surface area contributed by atoms with Crippen LogP contribution in [-0.2, 0) is 11.3 Å². The molecule has 1 saturated heterocycles. The van der Waals surface area contributed by atoms with Crippen LogP contribution in [0.1, 0.15) is 19.8 Å². The van der Waals surface area contributed by atoms with Crippen molar-refractivity contribution in [3.63, 3.8) is 0 Å². The summed E-state index contributed by atoms with van der Waals surface area (Å²) in [6.07, 6.45) is 2.30. The fourth-order valence-corrected chi connectivity index (χ4v) is 4.07. The molecule has 1 fully saturated rings. The number of piperidine rings is 1. The number of nitrogens with zero attached hydrogens (tertiary/aromatic N) is 3. The van der Waals surface area contributed by atoms with Gasteiger partial charge in [-0.1, -0.05) is 41.1 Å². The first-order valence-corrected chi connectivity index (χ1v) is 10.6. The van der Waals surface area contributed by atoms with Crippen molar-refractivity contribution in [1.82, 2.24) is 9.78 Å². The topological polar surface area (TPSA) is 67.2 Å². The molecule has 1 N–H and O–H groups in total. The number of carbonyl (C=O) groups excluding carboxylic acids is 1. The van der Waals surface area contributed by atoms with Crippen LogP contribution in [0.3, 0.4) is 0 Å². The lowest BCUT2D eigenvalue weighted by Crippen LogP contribution is -2.38. The first-order valence-electron chi connectivity index (χ1n) is 9.81. The number of amides is 1. The highest BCUT2D eigenvalue weighted by molar-refractivity contribution is 9.10. The highest BCUT2D eigenvalue weighted by Crippen LogP contribution is 2.26. The van der Waals surface area contributed by atoms with Gasteiger partial charge in [0.1, 0.15) is 6.54 Å². The molecule has 0 saturated carbocycles. The van der Waals surface area contributed by atoms with Crippen molar-refractivity contribution in [2.45, 2.75) is 26.3 Å². The average Bonchev–Trinajstić information content (AvgIpc) is 2.72. The monoisotopic (exact) mass is 454 g/mol. The normalized spacial score (nSPS) is 16.8. The maximum absolute atomic E-state index is 13.0. The molecular formula is C22H23BrN4O2. The average molecular weight is 455 g/mol. The molecule has 0 unspecified atom stereocenters. The third-order valence-electron chi connectivity index (χ3n) is 5.23. The predicted molar refractivity (Wildman–Crippen MR) is 119 cm³/mol. The number of fused-ring (bicyclic) bond motifs is 1. The zero-order chi connectivity index (χ0) is 20.4. The number of nitrogens with one attached hydrogen (secondary N) is 1. The molecule has 4 rings (SSSR count). The second kappa shape index (κ2) is 8.37. The number of anilines is 2. The van der Waals surface area contributed by atoms with Crippen LogP contribution in [-0.4, -0.2) is 28.8 Å². The van der Waals surface area contributed by atoms with E-state index < -0.39 is 0 Å². The van der Waals surface area contributed by atoms with E-state index in [2.05, 4.69) is 38.2 Å². The lowest BCUT2D eigenvalue weighted by atomic mass is 10.00. The standard InChI is InChI=1S/C22H23BrN4O2/c1-15-5-4-12-26(13-15)21-18-6-2-3-7-19(18)22(29)27(25-21)14-20(28)24-17-10-8-16(23)9-11-17/h2-3,6-11,15H,4-5,12-14H2,1H3,(H,24,28)/t15-/m1/s1. The summed E-state index contributed by atoms with van der Waals surface area (Å²) in [4.78, 5) is 27.7. The minimum Gasteiger partial charge on any atom is -0.354 e. The molecule has 29 heavy (non-hydrogen) atoms. The summed E-state index contributed by atoms with van der Waals surface area (Å²) in [7, 11) is 0. The summed E-state index contributed by atoms with van der Waals surface area (Å²) in [5.74, 6) is 1.07. The van der Waals surface area contributed by atoms with Crippen LogP contribution in [0.25, 0.3) is 10.8 Å². The van der Waals surface area contributed by atoms with Gasteiger partial charge in [0.05, 0.1) is 5.39 Å². The fraction of sp³-hybridized carbons (Fsp3) is 0.318. The van der Waals surface area contributed by atoms with Crippen LogP contribution in [0.15, 0.2) is 57.8 Å². The minimum absolute atomic E-state index is 0.129. The van der Waals surface area contributed by atoms with Crippen molar-refractivity contribution in [2.24, 2.45) is 5.92 Å². The van der Waals surface area contributed by atoms with Crippen LogP contribution in [0.2, 0.25) is 0 Å². The largest absolute Gasteiger partial charge is 0.354 e. The second-order valence-corrected chi connectivity index (χ2v) is 8.50. The van der Waals surface area contributed by atoms with Crippen LogP contribution in [0.4, 0.5) is 11.5 Å². The number of aromatic nitrogens is 2. The van der Waals surface area contributed by atoms with Crippen molar-refractivity contribution < 1.29 is 4.79 Å². The Balaban J connectivity index is 1.66. The number of rotatable bonds is 4. The zero-order valence-corrected chi connectivity index (χ0v) is 17.9. The molecule has 2 heterocycles. The summed E-state index contributed by atoms with van der Waals surface area (Å²) in [6, 6.07) is 14.8. The van der Waals surface area contributed by atoms with Gasteiger partial charge >= 0.3 is 0 Å². The SMILES string of the molecule is C[C@@H]1CCCN(c2nn(CC(=O)Nc3ccc(Br)cc3)c(=O)c3ccccc23)C1. The van der Waals surface area contributed by atoms with Gasteiger partial charge in [-0.05, 0) is 49.1 Å². The van der Waals surface area contributed by atoms with Crippen LogP contribution in [0, 0.1) is 5.92 Å². The lowest BCUT2D eigenvalue weighted by Gasteiger charge is -2.32. The van der Waals surface area contributed by atoms with E-state index in [9.17, 15) is 9.59 Å². The zero-order valence-electron chi connectivity index (χ0n) is 16.3. The molecule has 0 aliphatic carbocycles. The Morgan fingerprint density at radius 1 is 1.17 bits per heavy atom. The van der Waals surface area contributed by atoms with Crippen LogP contribution in [0.5, 0.6) is 0 Å². The van der Waals surface area contributed by atoms with Gasteiger partial charge in [0.15, 0.2) is 5.82 Å². The summed E-state index contributed by atoms with van der Waals surface area (Å²) in [5, 5.41) is 8.88. The Bertz CT molecular complexity index is 1090. The van der Waals surface area contributed by atoms with E-state index >= 15 is 0 Å². The van der Waals surface area contributed by atoms with Crippen molar-refractivity contribution in [3.05, 3.63) is 63.4 Å². The van der Waals surface area contributed by atoms with Gasteiger partial charge in [0, 0.05) is 28.6 Å². The molecule has 2 aromatic carbocycles. The Kier molecular flexibility index (Phi) is 5.67. The number of hydrogen-bond donors (Lipinski definition) is 1. The van der Waals surface area contributed by atoms with E-state index in [0.717, 1.165) is 35.2 Å². The Labute approximate surface area is 177 Å². The molecule has 0 radical (unpaired) electrons. The van der Waals surface area contributed by atoms with Crippen molar-refractivity contribution in [3.8, 4) is 0 Å². The van der Waals surface area contributed by atoms with E-state index in [4.69, 9.17) is 0 Å². The van der Waals surface area contributed by atoms with Gasteiger partial charge < -0.3 is 10.2 Å². The molecule has 1 aliphatic heterocycles. The van der Waals surface area contributed by atoms with Gasteiger partial charge in [-0.3, -0.25) is 9.59 Å². The van der Waals surface area contributed by atoms with Gasteiger partial charge in [0.2, 0.25) is 5.91 Å². The third kappa shape index (κ3) is 4.34. The number of benzene rings is 2. The second-order valence-electron chi connectivity index (χ2n) is 7.58. The number of carbonyl (C=O) groups is 1. The predicted octanol–water partition coefficient (Wildman–Crippen LogP) is 4.03. The fourth-order valence-electron chi connectivity index (χ4n) is 3.81. The Morgan fingerprint density at radius 2 is 1.90 bits per heavy atom. The number of hydrogen-bond acceptors (Lipinski definition) is 4.